The second-order valence-electron chi connectivity index (χ2n) is 9.17. The number of hydrogen-bond acceptors (Lipinski definition) is 5. The van der Waals surface area contributed by atoms with Crippen LogP contribution in [0.4, 0.5) is 0 Å². The lowest BCUT2D eigenvalue weighted by atomic mass is 9.88. The summed E-state index contributed by atoms with van der Waals surface area (Å²) in [6.07, 6.45) is 3.74. The van der Waals surface area contributed by atoms with Crippen molar-refractivity contribution in [1.29, 1.82) is 0 Å². The molecule has 34 heavy (non-hydrogen) atoms. The predicted molar refractivity (Wildman–Crippen MR) is 135 cm³/mol. The zero-order chi connectivity index (χ0) is 25.1. The summed E-state index contributed by atoms with van der Waals surface area (Å²) in [4.78, 5) is 25.4. The Morgan fingerprint density at radius 3 is 2.29 bits per heavy atom. The molecule has 0 fully saturated rings. The van der Waals surface area contributed by atoms with E-state index in [0.29, 0.717) is 11.3 Å². The number of hydrogen-bond donors (Lipinski definition) is 4. The van der Waals surface area contributed by atoms with E-state index in [0.717, 1.165) is 42.7 Å². The SMILES string of the molecule is CC(C)C.COc1ccc(C(CC(=O)NCB(O)O)NC(=O)c2cccc3c2CCCC3)cc1. The first-order valence-electron chi connectivity index (χ1n) is 11.9. The maximum absolute atomic E-state index is 13.1. The second kappa shape index (κ2) is 13.8. The molecule has 0 saturated carbocycles. The summed E-state index contributed by atoms with van der Waals surface area (Å²) < 4.78 is 5.19. The van der Waals surface area contributed by atoms with Crippen molar-refractivity contribution >= 4 is 18.9 Å². The molecule has 0 spiro atoms. The molecular formula is C26H37BN2O5. The van der Waals surface area contributed by atoms with E-state index in [2.05, 4.69) is 37.5 Å². The first kappa shape index (κ1) is 27.4. The molecule has 184 valence electrons. The maximum Gasteiger partial charge on any atom is 0.472 e. The normalized spacial score (nSPS) is 13.1. The van der Waals surface area contributed by atoms with Gasteiger partial charge in [-0.05, 0) is 66.5 Å². The zero-order valence-corrected chi connectivity index (χ0v) is 20.6. The molecular weight excluding hydrogens is 431 g/mol. The summed E-state index contributed by atoms with van der Waals surface area (Å²) >= 11 is 0. The third-order valence-corrected chi connectivity index (χ3v) is 5.34. The highest BCUT2D eigenvalue weighted by Crippen LogP contribution is 2.26. The predicted octanol–water partition coefficient (Wildman–Crippen LogP) is 3.23. The summed E-state index contributed by atoms with van der Waals surface area (Å²) in [5.74, 6) is 0.901. The van der Waals surface area contributed by atoms with E-state index in [4.69, 9.17) is 14.8 Å². The molecule has 2 aromatic carbocycles. The van der Waals surface area contributed by atoms with Crippen LogP contribution in [0.5, 0.6) is 5.75 Å². The first-order valence-corrected chi connectivity index (χ1v) is 11.9. The van der Waals surface area contributed by atoms with Crippen LogP contribution in [0, 0.1) is 5.92 Å². The lowest BCUT2D eigenvalue weighted by molar-refractivity contribution is -0.121. The molecule has 0 bridgehead atoms. The lowest BCUT2D eigenvalue weighted by Crippen LogP contribution is -2.38. The quantitative estimate of drug-likeness (QED) is 0.445. The topological polar surface area (TPSA) is 108 Å². The van der Waals surface area contributed by atoms with Gasteiger partial charge in [-0.25, -0.2) is 0 Å². The minimum atomic E-state index is -1.63. The van der Waals surface area contributed by atoms with E-state index in [-0.39, 0.29) is 24.7 Å². The van der Waals surface area contributed by atoms with E-state index in [9.17, 15) is 9.59 Å². The van der Waals surface area contributed by atoms with Crippen LogP contribution in [0.3, 0.4) is 0 Å². The van der Waals surface area contributed by atoms with Crippen LogP contribution in [-0.2, 0) is 17.6 Å². The number of methoxy groups -OCH3 is 1. The minimum absolute atomic E-state index is 0.0280. The number of fused-ring (bicyclic) bond motifs is 1. The third-order valence-electron chi connectivity index (χ3n) is 5.34. The van der Waals surface area contributed by atoms with Crippen LogP contribution >= 0.6 is 0 Å². The molecule has 2 aromatic rings. The zero-order valence-electron chi connectivity index (χ0n) is 20.6. The number of carbonyl (C=O) groups excluding carboxylic acids is 2. The molecule has 0 heterocycles. The molecule has 0 saturated heterocycles. The number of benzene rings is 2. The van der Waals surface area contributed by atoms with Crippen molar-refractivity contribution in [2.45, 2.75) is 58.9 Å². The molecule has 1 atom stereocenters. The van der Waals surface area contributed by atoms with Gasteiger partial charge in [-0.15, -0.1) is 0 Å². The Bertz CT molecular complexity index is 929. The van der Waals surface area contributed by atoms with Gasteiger partial charge in [0.15, 0.2) is 0 Å². The van der Waals surface area contributed by atoms with Crippen molar-refractivity contribution in [3.63, 3.8) is 0 Å². The molecule has 7 nitrogen and oxygen atoms in total. The Morgan fingerprint density at radius 1 is 1.03 bits per heavy atom. The highest BCUT2D eigenvalue weighted by Gasteiger charge is 2.23. The number of carbonyl (C=O) groups is 2. The van der Waals surface area contributed by atoms with Crippen molar-refractivity contribution in [1.82, 2.24) is 10.6 Å². The Hall–Kier alpha value is -2.84. The molecule has 2 amide bonds. The van der Waals surface area contributed by atoms with Crippen LogP contribution in [0.2, 0.25) is 0 Å². The van der Waals surface area contributed by atoms with Crippen LogP contribution in [0.15, 0.2) is 42.5 Å². The maximum atomic E-state index is 13.1. The molecule has 1 unspecified atom stereocenters. The second-order valence-corrected chi connectivity index (χ2v) is 9.17. The fourth-order valence-electron chi connectivity index (χ4n) is 3.78. The first-order chi connectivity index (χ1) is 16.2. The van der Waals surface area contributed by atoms with Crippen molar-refractivity contribution in [2.75, 3.05) is 13.6 Å². The van der Waals surface area contributed by atoms with Gasteiger partial charge in [0.1, 0.15) is 5.75 Å². The summed E-state index contributed by atoms with van der Waals surface area (Å²) in [6.45, 7) is 6.50. The number of amides is 2. The largest absolute Gasteiger partial charge is 0.497 e. The van der Waals surface area contributed by atoms with E-state index >= 15 is 0 Å². The molecule has 0 radical (unpaired) electrons. The molecule has 1 aliphatic carbocycles. The van der Waals surface area contributed by atoms with Crippen LogP contribution in [-0.4, -0.2) is 42.5 Å². The van der Waals surface area contributed by atoms with Gasteiger partial charge in [0.2, 0.25) is 5.91 Å². The summed E-state index contributed by atoms with van der Waals surface area (Å²) in [7, 11) is -0.0562. The third kappa shape index (κ3) is 8.84. The van der Waals surface area contributed by atoms with Gasteiger partial charge >= 0.3 is 7.12 Å². The average molecular weight is 468 g/mol. The van der Waals surface area contributed by atoms with Crippen molar-refractivity contribution in [2.24, 2.45) is 5.92 Å². The molecule has 0 aromatic heterocycles. The minimum Gasteiger partial charge on any atom is -0.497 e. The smallest absolute Gasteiger partial charge is 0.472 e. The molecule has 1 aliphatic rings. The van der Waals surface area contributed by atoms with Crippen molar-refractivity contribution < 1.29 is 24.4 Å². The highest BCUT2D eigenvalue weighted by molar-refractivity contribution is 6.41. The fourth-order valence-corrected chi connectivity index (χ4v) is 3.78. The highest BCUT2D eigenvalue weighted by atomic mass is 16.5. The van der Waals surface area contributed by atoms with Gasteiger partial charge in [-0.1, -0.05) is 45.0 Å². The monoisotopic (exact) mass is 468 g/mol. The molecule has 4 N–H and O–H groups in total. The van der Waals surface area contributed by atoms with Crippen LogP contribution < -0.4 is 15.4 Å². The summed E-state index contributed by atoms with van der Waals surface area (Å²) in [5, 5.41) is 23.4. The van der Waals surface area contributed by atoms with Crippen molar-refractivity contribution in [3.8, 4) is 5.75 Å². The van der Waals surface area contributed by atoms with E-state index in [1.165, 1.54) is 5.56 Å². The fraction of sp³-hybridized carbons (Fsp3) is 0.462. The van der Waals surface area contributed by atoms with Gasteiger partial charge in [-0.3, -0.25) is 9.59 Å². The standard InChI is InChI=1S/C22H27BN2O5.C4H10/c1-30-17-11-9-16(10-12-17)20(13-21(26)24-14-23(28)29)25-22(27)19-8-4-6-15-5-2-3-7-18(15)19;1-4(2)3/h4,6,8-12,20,28-29H,2-3,5,7,13-14H2,1H3,(H,24,26)(H,25,27);4H,1-3H3. The lowest BCUT2D eigenvalue weighted by Gasteiger charge is -2.22. The molecule has 3 rings (SSSR count). The van der Waals surface area contributed by atoms with E-state index < -0.39 is 13.2 Å². The van der Waals surface area contributed by atoms with Gasteiger partial charge in [-0.2, -0.15) is 0 Å². The summed E-state index contributed by atoms with van der Waals surface area (Å²) in [5.41, 5.74) is 3.71. The Balaban J connectivity index is 0.000000945. The number of ether oxygens (including phenoxy) is 1. The Kier molecular flexibility index (Phi) is 11.1. The van der Waals surface area contributed by atoms with Crippen LogP contribution in [0.25, 0.3) is 0 Å². The summed E-state index contributed by atoms with van der Waals surface area (Å²) in [6, 6.07) is 12.4. The Morgan fingerprint density at radius 2 is 1.68 bits per heavy atom. The van der Waals surface area contributed by atoms with Gasteiger partial charge in [0.25, 0.3) is 5.91 Å². The van der Waals surface area contributed by atoms with E-state index in [1.807, 2.05) is 12.1 Å². The van der Waals surface area contributed by atoms with Gasteiger partial charge in [0, 0.05) is 5.56 Å². The Labute approximate surface area is 203 Å². The number of nitrogens with one attached hydrogen (secondary N) is 2. The molecule has 8 heteroatoms. The van der Waals surface area contributed by atoms with Crippen LogP contribution in [0.1, 0.15) is 73.1 Å². The number of rotatable bonds is 8. The van der Waals surface area contributed by atoms with E-state index in [1.54, 1.807) is 31.4 Å². The number of aryl methyl sites for hydroxylation is 1. The average Bonchev–Trinajstić information content (AvgIpc) is 2.81. The van der Waals surface area contributed by atoms with Crippen molar-refractivity contribution in [3.05, 3.63) is 64.7 Å². The van der Waals surface area contributed by atoms with Gasteiger partial charge in [0.05, 0.1) is 26.0 Å². The molecule has 0 aliphatic heterocycles. The van der Waals surface area contributed by atoms with Gasteiger partial charge < -0.3 is 25.4 Å².